The van der Waals surface area contributed by atoms with Gasteiger partial charge in [-0.1, -0.05) is 23.7 Å². The van der Waals surface area contributed by atoms with Crippen LogP contribution in [-0.2, 0) is 9.47 Å². The summed E-state index contributed by atoms with van der Waals surface area (Å²) in [5, 5.41) is 0.372. The van der Waals surface area contributed by atoms with E-state index in [1.54, 1.807) is 67.8 Å². The molecule has 156 valence electrons. The van der Waals surface area contributed by atoms with Crippen molar-refractivity contribution in [2.24, 2.45) is 11.8 Å². The summed E-state index contributed by atoms with van der Waals surface area (Å²) in [5.74, 6) is 0.349. The van der Waals surface area contributed by atoms with Crippen molar-refractivity contribution in [1.29, 1.82) is 0 Å². The fourth-order valence-electron chi connectivity index (χ4n) is 3.49. The van der Waals surface area contributed by atoms with Crippen LogP contribution >= 0.6 is 11.6 Å². The first-order valence-electron chi connectivity index (χ1n) is 9.46. The predicted octanol–water partition coefficient (Wildman–Crippen LogP) is 5.11. The van der Waals surface area contributed by atoms with Gasteiger partial charge in [-0.2, -0.15) is 0 Å². The molecule has 3 rings (SSSR count). The molecule has 6 heteroatoms. The highest BCUT2D eigenvalue weighted by molar-refractivity contribution is 6.34. The molecule has 0 saturated carbocycles. The molecular formula is C24H23ClO5. The highest BCUT2D eigenvalue weighted by Gasteiger charge is 2.34. The third-order valence-electron chi connectivity index (χ3n) is 5.12. The van der Waals surface area contributed by atoms with Crippen LogP contribution in [0.25, 0.3) is 0 Å². The summed E-state index contributed by atoms with van der Waals surface area (Å²) in [6, 6.07) is 13.8. The third-order valence-corrected chi connectivity index (χ3v) is 5.45. The Kier molecular flexibility index (Phi) is 6.95. The minimum absolute atomic E-state index is 0.0828. The zero-order chi connectivity index (χ0) is 21.7. The molecule has 0 heterocycles. The molecule has 0 aromatic heterocycles. The van der Waals surface area contributed by atoms with Gasteiger partial charge in [-0.15, -0.1) is 0 Å². The number of hydrogen-bond acceptors (Lipinski definition) is 5. The molecule has 2 unspecified atom stereocenters. The quantitative estimate of drug-likeness (QED) is 0.549. The van der Waals surface area contributed by atoms with Gasteiger partial charge in [0.15, 0.2) is 23.1 Å². The molecule has 0 saturated heterocycles. The number of ketones is 2. The van der Waals surface area contributed by atoms with Crippen LogP contribution in [0.2, 0.25) is 5.02 Å². The van der Waals surface area contributed by atoms with Crippen LogP contribution in [0.3, 0.4) is 0 Å². The van der Waals surface area contributed by atoms with Crippen LogP contribution in [-0.4, -0.2) is 32.9 Å². The van der Waals surface area contributed by atoms with E-state index in [9.17, 15) is 9.59 Å². The summed E-state index contributed by atoms with van der Waals surface area (Å²) in [7, 11) is 4.61. The van der Waals surface area contributed by atoms with Crippen molar-refractivity contribution in [2.45, 2.75) is 6.42 Å². The summed E-state index contributed by atoms with van der Waals surface area (Å²) >= 11 is 6.25. The molecule has 1 aliphatic rings. The highest BCUT2D eigenvalue weighted by Crippen LogP contribution is 2.35. The van der Waals surface area contributed by atoms with E-state index >= 15 is 0 Å². The van der Waals surface area contributed by atoms with Crippen molar-refractivity contribution >= 4 is 23.2 Å². The van der Waals surface area contributed by atoms with Crippen molar-refractivity contribution in [3.8, 4) is 5.75 Å². The van der Waals surface area contributed by atoms with Gasteiger partial charge in [-0.25, -0.2) is 0 Å². The molecule has 0 radical (unpaired) electrons. The topological polar surface area (TPSA) is 61.8 Å². The number of methoxy groups -OCH3 is 3. The number of benzene rings is 2. The average molecular weight is 427 g/mol. The SMILES string of the molecule is COC1=CC(CC(=O)c2ccc(OC)cc2)C(C(=O)c2ccccc2Cl)C=C1OC. The molecule has 0 aliphatic heterocycles. The first-order chi connectivity index (χ1) is 14.5. The number of rotatable bonds is 8. The van der Waals surface area contributed by atoms with Crippen molar-refractivity contribution in [2.75, 3.05) is 21.3 Å². The number of allylic oxidation sites excluding steroid dienone is 2. The second-order valence-corrected chi connectivity index (χ2v) is 7.27. The van der Waals surface area contributed by atoms with Gasteiger partial charge in [0.1, 0.15) is 5.75 Å². The van der Waals surface area contributed by atoms with Crippen LogP contribution in [0.5, 0.6) is 5.75 Å². The second-order valence-electron chi connectivity index (χ2n) is 6.86. The lowest BCUT2D eigenvalue weighted by Crippen LogP contribution is -2.27. The Morgan fingerprint density at radius 1 is 0.867 bits per heavy atom. The Morgan fingerprint density at radius 2 is 1.50 bits per heavy atom. The smallest absolute Gasteiger partial charge is 0.171 e. The molecule has 0 N–H and O–H groups in total. The van der Waals surface area contributed by atoms with Crippen molar-refractivity contribution in [3.63, 3.8) is 0 Å². The standard InChI is InChI=1S/C24H23ClO5/c1-28-17-10-8-15(9-11-17)21(26)12-16-13-22(29-2)23(30-3)14-19(16)24(27)18-6-4-5-7-20(18)25/h4-11,13-14,16,19H,12H2,1-3H3. The first-order valence-corrected chi connectivity index (χ1v) is 9.84. The normalized spacial score (nSPS) is 18.1. The van der Waals surface area contributed by atoms with Crippen molar-refractivity contribution in [1.82, 2.24) is 0 Å². The summed E-state index contributed by atoms with van der Waals surface area (Å²) in [4.78, 5) is 26.2. The summed E-state index contributed by atoms with van der Waals surface area (Å²) in [6.07, 6.45) is 3.61. The Balaban J connectivity index is 1.92. The molecule has 2 atom stereocenters. The first kappa shape index (κ1) is 21.7. The summed E-state index contributed by atoms with van der Waals surface area (Å²) in [5.41, 5.74) is 0.959. The second kappa shape index (κ2) is 9.63. The van der Waals surface area contributed by atoms with E-state index in [4.69, 9.17) is 25.8 Å². The number of hydrogen-bond donors (Lipinski definition) is 0. The molecule has 5 nitrogen and oxygen atoms in total. The molecule has 0 spiro atoms. The molecule has 0 bridgehead atoms. The van der Waals surface area contributed by atoms with Crippen LogP contribution < -0.4 is 4.74 Å². The van der Waals surface area contributed by atoms with E-state index in [0.29, 0.717) is 33.4 Å². The van der Waals surface area contributed by atoms with E-state index in [1.165, 1.54) is 14.2 Å². The lowest BCUT2D eigenvalue weighted by atomic mass is 9.78. The Bertz CT molecular complexity index is 991. The zero-order valence-electron chi connectivity index (χ0n) is 17.1. The molecule has 0 fully saturated rings. The molecule has 0 amide bonds. The maximum atomic E-state index is 13.3. The predicted molar refractivity (Wildman–Crippen MR) is 115 cm³/mol. The summed E-state index contributed by atoms with van der Waals surface area (Å²) < 4.78 is 15.9. The van der Waals surface area contributed by atoms with Crippen molar-refractivity contribution < 1.29 is 23.8 Å². The van der Waals surface area contributed by atoms with Gasteiger partial charge in [0.05, 0.1) is 32.3 Å². The van der Waals surface area contributed by atoms with Crippen LogP contribution in [0.4, 0.5) is 0 Å². The van der Waals surface area contributed by atoms with E-state index in [-0.39, 0.29) is 18.0 Å². The van der Waals surface area contributed by atoms with Crippen LogP contribution in [0.15, 0.2) is 72.2 Å². The Labute approximate surface area is 180 Å². The van der Waals surface area contributed by atoms with Gasteiger partial charge in [0.2, 0.25) is 0 Å². The molecule has 1 aliphatic carbocycles. The van der Waals surface area contributed by atoms with E-state index < -0.39 is 11.8 Å². The van der Waals surface area contributed by atoms with Gasteiger partial charge in [0.25, 0.3) is 0 Å². The van der Waals surface area contributed by atoms with E-state index in [2.05, 4.69) is 0 Å². The zero-order valence-corrected chi connectivity index (χ0v) is 17.8. The van der Waals surface area contributed by atoms with Gasteiger partial charge < -0.3 is 14.2 Å². The minimum atomic E-state index is -0.610. The van der Waals surface area contributed by atoms with Gasteiger partial charge in [-0.3, -0.25) is 9.59 Å². The maximum Gasteiger partial charge on any atom is 0.171 e. The number of carbonyl (C=O) groups excluding carboxylic acids is 2. The van der Waals surface area contributed by atoms with Gasteiger partial charge in [0, 0.05) is 23.5 Å². The largest absolute Gasteiger partial charge is 0.497 e. The number of Topliss-reactive ketones (excluding diaryl/α,β-unsaturated/α-hetero) is 2. The molecular weight excluding hydrogens is 404 g/mol. The lowest BCUT2D eigenvalue weighted by Gasteiger charge is -2.27. The van der Waals surface area contributed by atoms with Gasteiger partial charge in [-0.05, 0) is 48.6 Å². The molecule has 2 aromatic rings. The van der Waals surface area contributed by atoms with E-state index in [0.717, 1.165) is 0 Å². The lowest BCUT2D eigenvalue weighted by molar-refractivity contribution is 0.0881. The van der Waals surface area contributed by atoms with Crippen LogP contribution in [0, 0.1) is 11.8 Å². The fraction of sp³-hybridized carbons (Fsp3) is 0.250. The fourth-order valence-corrected chi connectivity index (χ4v) is 3.72. The van der Waals surface area contributed by atoms with Gasteiger partial charge >= 0.3 is 0 Å². The minimum Gasteiger partial charge on any atom is -0.497 e. The van der Waals surface area contributed by atoms with Crippen molar-refractivity contribution in [3.05, 3.63) is 88.4 Å². The maximum absolute atomic E-state index is 13.3. The van der Waals surface area contributed by atoms with E-state index in [1.807, 2.05) is 0 Å². The summed E-state index contributed by atoms with van der Waals surface area (Å²) in [6.45, 7) is 0. The molecule has 30 heavy (non-hydrogen) atoms. The van der Waals surface area contributed by atoms with Crippen LogP contribution in [0.1, 0.15) is 27.1 Å². The Morgan fingerprint density at radius 3 is 2.10 bits per heavy atom. The molecule has 2 aromatic carbocycles. The average Bonchev–Trinajstić information content (AvgIpc) is 2.78. The highest BCUT2D eigenvalue weighted by atomic mass is 35.5. The monoisotopic (exact) mass is 426 g/mol. The number of carbonyl (C=O) groups is 2. The number of ether oxygens (including phenoxy) is 3. The third kappa shape index (κ3) is 4.57. The Hall–Kier alpha value is -3.05. The number of halogens is 1.